The Kier molecular flexibility index (Phi) is 6.71. The van der Waals surface area contributed by atoms with Crippen molar-refractivity contribution in [1.82, 2.24) is 5.32 Å². The molecule has 2 rings (SSSR count). The summed E-state index contributed by atoms with van der Waals surface area (Å²) in [5, 5.41) is 3.57. The van der Waals surface area contributed by atoms with Crippen LogP contribution in [0.15, 0.2) is 18.2 Å². The van der Waals surface area contributed by atoms with Gasteiger partial charge in [0.05, 0.1) is 26.7 Å². The summed E-state index contributed by atoms with van der Waals surface area (Å²) in [6.45, 7) is 3.05. The van der Waals surface area contributed by atoms with E-state index < -0.39 is 0 Å². The van der Waals surface area contributed by atoms with Crippen molar-refractivity contribution in [3.63, 3.8) is 0 Å². The summed E-state index contributed by atoms with van der Waals surface area (Å²) < 4.78 is 15.9. The van der Waals surface area contributed by atoms with E-state index in [0.29, 0.717) is 12.6 Å². The number of esters is 1. The average molecular weight is 321 g/mol. The molecule has 0 aliphatic heterocycles. The molecule has 0 aromatic heterocycles. The highest BCUT2D eigenvalue weighted by Crippen LogP contribution is 2.31. The Morgan fingerprint density at radius 3 is 2.52 bits per heavy atom. The Morgan fingerprint density at radius 2 is 1.91 bits per heavy atom. The van der Waals surface area contributed by atoms with Gasteiger partial charge in [0, 0.05) is 18.2 Å². The minimum absolute atomic E-state index is 0.0413. The molecule has 1 saturated carbocycles. The molecule has 1 N–H and O–H groups in total. The number of hydrogen-bond donors (Lipinski definition) is 1. The van der Waals surface area contributed by atoms with Crippen LogP contribution in [0.3, 0.4) is 0 Å². The molecule has 128 valence electrons. The number of rotatable bonds is 7. The summed E-state index contributed by atoms with van der Waals surface area (Å²) in [4.78, 5) is 11.8. The quantitative estimate of drug-likeness (QED) is 0.783. The molecule has 0 unspecified atom stereocenters. The highest BCUT2D eigenvalue weighted by atomic mass is 16.5. The summed E-state index contributed by atoms with van der Waals surface area (Å²) in [7, 11) is 3.30. The standard InChI is InChI=1S/C18H27NO4/c1-4-23-18(20)13-8-10-15(11-9-13)19-12-14-6-5-7-16(21-2)17(14)22-3/h5-7,13,15,19H,4,8-12H2,1-3H3. The molecule has 0 radical (unpaired) electrons. The number of para-hydroxylation sites is 1. The van der Waals surface area contributed by atoms with Gasteiger partial charge >= 0.3 is 5.97 Å². The number of benzene rings is 1. The molecule has 5 nitrogen and oxygen atoms in total. The zero-order chi connectivity index (χ0) is 16.7. The first-order valence-corrected chi connectivity index (χ1v) is 8.29. The van der Waals surface area contributed by atoms with Crippen molar-refractivity contribution in [3.8, 4) is 11.5 Å². The summed E-state index contributed by atoms with van der Waals surface area (Å²) in [5.74, 6) is 1.56. The van der Waals surface area contributed by atoms with E-state index in [4.69, 9.17) is 14.2 Å². The fourth-order valence-corrected chi connectivity index (χ4v) is 3.14. The number of carbonyl (C=O) groups excluding carboxylic acids is 1. The molecule has 0 spiro atoms. The first-order valence-electron chi connectivity index (χ1n) is 8.29. The highest BCUT2D eigenvalue weighted by molar-refractivity contribution is 5.72. The lowest BCUT2D eigenvalue weighted by Crippen LogP contribution is -2.35. The normalized spacial score (nSPS) is 20.8. The summed E-state index contributed by atoms with van der Waals surface area (Å²) in [6.07, 6.45) is 3.78. The third-order valence-electron chi connectivity index (χ3n) is 4.41. The number of hydrogen-bond acceptors (Lipinski definition) is 5. The van der Waals surface area contributed by atoms with E-state index in [1.165, 1.54) is 0 Å². The molecule has 0 bridgehead atoms. The molecule has 23 heavy (non-hydrogen) atoms. The van der Waals surface area contributed by atoms with Gasteiger partial charge in [-0.3, -0.25) is 4.79 Å². The maximum Gasteiger partial charge on any atom is 0.308 e. The van der Waals surface area contributed by atoms with Gasteiger partial charge in [0.15, 0.2) is 11.5 Å². The third kappa shape index (κ3) is 4.61. The van der Waals surface area contributed by atoms with Gasteiger partial charge in [0.2, 0.25) is 0 Å². The Bertz CT molecular complexity index is 510. The van der Waals surface area contributed by atoms with Gasteiger partial charge in [0.1, 0.15) is 0 Å². The minimum atomic E-state index is -0.0413. The molecular weight excluding hydrogens is 294 g/mol. The van der Waals surface area contributed by atoms with E-state index in [-0.39, 0.29) is 11.9 Å². The zero-order valence-corrected chi connectivity index (χ0v) is 14.3. The van der Waals surface area contributed by atoms with Crippen molar-refractivity contribution in [2.24, 2.45) is 5.92 Å². The molecule has 5 heteroatoms. The van der Waals surface area contributed by atoms with Crippen LogP contribution in [0, 0.1) is 5.92 Å². The topological polar surface area (TPSA) is 56.8 Å². The summed E-state index contributed by atoms with van der Waals surface area (Å²) in [6, 6.07) is 6.33. The minimum Gasteiger partial charge on any atom is -0.493 e. The van der Waals surface area contributed by atoms with Crippen molar-refractivity contribution in [2.75, 3.05) is 20.8 Å². The van der Waals surface area contributed by atoms with E-state index in [0.717, 1.165) is 49.3 Å². The lowest BCUT2D eigenvalue weighted by atomic mass is 9.86. The van der Waals surface area contributed by atoms with Crippen molar-refractivity contribution in [1.29, 1.82) is 0 Å². The second-order valence-corrected chi connectivity index (χ2v) is 5.83. The molecule has 0 amide bonds. The molecule has 0 atom stereocenters. The first-order chi connectivity index (χ1) is 11.2. The molecule has 0 heterocycles. The zero-order valence-electron chi connectivity index (χ0n) is 14.3. The molecule has 0 saturated heterocycles. The van der Waals surface area contributed by atoms with Crippen LogP contribution in [-0.2, 0) is 16.1 Å². The smallest absolute Gasteiger partial charge is 0.308 e. The van der Waals surface area contributed by atoms with Gasteiger partial charge < -0.3 is 19.5 Å². The Morgan fingerprint density at radius 1 is 1.17 bits per heavy atom. The van der Waals surface area contributed by atoms with Gasteiger partial charge in [-0.25, -0.2) is 0 Å². The lowest BCUT2D eigenvalue weighted by Gasteiger charge is -2.28. The Hall–Kier alpha value is -1.75. The van der Waals surface area contributed by atoms with E-state index >= 15 is 0 Å². The van der Waals surface area contributed by atoms with Crippen LogP contribution in [0.25, 0.3) is 0 Å². The summed E-state index contributed by atoms with van der Waals surface area (Å²) >= 11 is 0. The van der Waals surface area contributed by atoms with Crippen LogP contribution in [0.2, 0.25) is 0 Å². The monoisotopic (exact) mass is 321 g/mol. The first kappa shape index (κ1) is 17.6. The molecular formula is C18H27NO4. The molecule has 1 aliphatic rings. The maximum absolute atomic E-state index is 11.8. The second kappa shape index (κ2) is 8.77. The van der Waals surface area contributed by atoms with Gasteiger partial charge in [-0.15, -0.1) is 0 Å². The van der Waals surface area contributed by atoms with E-state index in [1.54, 1.807) is 14.2 Å². The van der Waals surface area contributed by atoms with Crippen LogP contribution in [-0.4, -0.2) is 32.8 Å². The van der Waals surface area contributed by atoms with Crippen molar-refractivity contribution < 1.29 is 19.0 Å². The SMILES string of the molecule is CCOC(=O)C1CCC(NCc2cccc(OC)c2OC)CC1. The Balaban J connectivity index is 1.85. The van der Waals surface area contributed by atoms with E-state index in [9.17, 15) is 4.79 Å². The average Bonchev–Trinajstić information content (AvgIpc) is 2.60. The third-order valence-corrected chi connectivity index (χ3v) is 4.41. The Labute approximate surface area is 138 Å². The van der Waals surface area contributed by atoms with Crippen molar-refractivity contribution in [3.05, 3.63) is 23.8 Å². The number of methoxy groups -OCH3 is 2. The second-order valence-electron chi connectivity index (χ2n) is 5.83. The molecule has 1 aromatic rings. The highest BCUT2D eigenvalue weighted by Gasteiger charge is 2.27. The van der Waals surface area contributed by atoms with Crippen molar-refractivity contribution in [2.45, 2.75) is 45.2 Å². The van der Waals surface area contributed by atoms with Crippen LogP contribution in [0.4, 0.5) is 0 Å². The molecule has 1 aromatic carbocycles. The number of nitrogens with one attached hydrogen (secondary N) is 1. The summed E-state index contributed by atoms with van der Waals surface area (Å²) in [5.41, 5.74) is 1.08. The van der Waals surface area contributed by atoms with Gasteiger partial charge in [-0.1, -0.05) is 12.1 Å². The fraction of sp³-hybridized carbons (Fsp3) is 0.611. The van der Waals surface area contributed by atoms with E-state index in [1.807, 2.05) is 25.1 Å². The van der Waals surface area contributed by atoms with Crippen LogP contribution >= 0.6 is 0 Å². The molecule has 1 fully saturated rings. The van der Waals surface area contributed by atoms with Gasteiger partial charge in [0.25, 0.3) is 0 Å². The lowest BCUT2D eigenvalue weighted by molar-refractivity contribution is -0.149. The van der Waals surface area contributed by atoms with Gasteiger partial charge in [-0.2, -0.15) is 0 Å². The fourth-order valence-electron chi connectivity index (χ4n) is 3.14. The number of carbonyl (C=O) groups is 1. The largest absolute Gasteiger partial charge is 0.493 e. The van der Waals surface area contributed by atoms with E-state index in [2.05, 4.69) is 5.32 Å². The maximum atomic E-state index is 11.8. The van der Waals surface area contributed by atoms with Gasteiger partial charge in [-0.05, 0) is 38.7 Å². The van der Waals surface area contributed by atoms with Crippen molar-refractivity contribution >= 4 is 5.97 Å². The predicted molar refractivity (Wildman–Crippen MR) is 88.8 cm³/mol. The van der Waals surface area contributed by atoms with Crippen LogP contribution in [0.1, 0.15) is 38.2 Å². The van der Waals surface area contributed by atoms with Crippen LogP contribution < -0.4 is 14.8 Å². The predicted octanol–water partition coefficient (Wildman–Crippen LogP) is 2.92. The number of ether oxygens (including phenoxy) is 3. The molecule has 1 aliphatic carbocycles. The van der Waals surface area contributed by atoms with Crippen LogP contribution in [0.5, 0.6) is 11.5 Å².